The predicted octanol–water partition coefficient (Wildman–Crippen LogP) is 1.85. The third kappa shape index (κ3) is 4.66. The van der Waals surface area contributed by atoms with Crippen molar-refractivity contribution in [1.82, 2.24) is 5.32 Å². The minimum atomic E-state index is -0.260. The van der Waals surface area contributed by atoms with Gasteiger partial charge in [0.1, 0.15) is 5.82 Å². The molecule has 0 radical (unpaired) electrons. The lowest BCUT2D eigenvalue weighted by molar-refractivity contribution is -0.914. The average Bonchev–Trinajstić information content (AvgIpc) is 2.69. The summed E-state index contributed by atoms with van der Waals surface area (Å²) in [5.41, 5.74) is 4.87. The smallest absolute Gasteiger partial charge is 0.278 e. The number of anilines is 1. The van der Waals surface area contributed by atoms with Crippen molar-refractivity contribution in [3.8, 4) is 0 Å². The van der Waals surface area contributed by atoms with Crippen LogP contribution in [0.3, 0.4) is 0 Å². The van der Waals surface area contributed by atoms with Gasteiger partial charge in [0.2, 0.25) is 0 Å². The van der Waals surface area contributed by atoms with Crippen LogP contribution in [0.25, 0.3) is 0 Å². The molecular weight excluding hydrogens is 341 g/mol. The van der Waals surface area contributed by atoms with Crippen LogP contribution in [0.5, 0.6) is 0 Å². The summed E-state index contributed by atoms with van der Waals surface area (Å²) < 4.78 is 13.0. The highest BCUT2D eigenvalue weighted by atomic mass is 19.1. The van der Waals surface area contributed by atoms with E-state index in [-0.39, 0.29) is 17.8 Å². The summed E-state index contributed by atoms with van der Waals surface area (Å²) in [5, 5.41) is 2.98. The first kappa shape index (κ1) is 19.4. The topological polar surface area (TPSA) is 36.8 Å². The number of quaternary nitrogens is 1. The van der Waals surface area contributed by atoms with Crippen LogP contribution < -0.4 is 15.1 Å². The maximum atomic E-state index is 13.0. The zero-order chi connectivity index (χ0) is 19.4. The van der Waals surface area contributed by atoms with E-state index < -0.39 is 0 Å². The Morgan fingerprint density at radius 2 is 1.81 bits per heavy atom. The van der Waals surface area contributed by atoms with Crippen molar-refractivity contribution in [2.24, 2.45) is 0 Å². The second-order valence-electron chi connectivity index (χ2n) is 7.43. The summed E-state index contributed by atoms with van der Waals surface area (Å²) >= 11 is 0. The van der Waals surface area contributed by atoms with Gasteiger partial charge in [0.05, 0.1) is 26.2 Å². The molecule has 1 aliphatic rings. The Kier molecular flexibility index (Phi) is 6.11. The van der Waals surface area contributed by atoms with Crippen LogP contribution in [-0.2, 0) is 11.3 Å². The first-order valence-electron chi connectivity index (χ1n) is 9.63. The monoisotopic (exact) mass is 370 g/mol. The largest absolute Gasteiger partial charge is 0.360 e. The summed E-state index contributed by atoms with van der Waals surface area (Å²) in [4.78, 5) is 16.3. The fourth-order valence-electron chi connectivity index (χ4n) is 3.68. The summed E-state index contributed by atoms with van der Waals surface area (Å²) in [6.45, 7) is 10.5. The molecule has 1 amide bonds. The van der Waals surface area contributed by atoms with Gasteiger partial charge in [0.15, 0.2) is 6.04 Å². The van der Waals surface area contributed by atoms with Crippen molar-refractivity contribution >= 4 is 11.6 Å². The summed E-state index contributed by atoms with van der Waals surface area (Å²) in [6, 6.07) is 12.6. The zero-order valence-corrected chi connectivity index (χ0v) is 16.4. The van der Waals surface area contributed by atoms with Crippen LogP contribution in [0.2, 0.25) is 0 Å². The Bertz CT molecular complexity index is 783. The first-order valence-corrected chi connectivity index (χ1v) is 9.63. The van der Waals surface area contributed by atoms with Crippen molar-refractivity contribution in [3.05, 3.63) is 65.0 Å². The first-order chi connectivity index (χ1) is 13.0. The molecule has 4 nitrogen and oxygen atoms in total. The van der Waals surface area contributed by atoms with E-state index in [0.717, 1.165) is 31.7 Å². The summed E-state index contributed by atoms with van der Waals surface area (Å²) in [7, 11) is 0. The van der Waals surface area contributed by atoms with Gasteiger partial charge < -0.3 is 15.1 Å². The molecule has 27 heavy (non-hydrogen) atoms. The molecule has 144 valence electrons. The number of hydrogen-bond donors (Lipinski definition) is 2. The minimum Gasteiger partial charge on any atom is -0.360 e. The van der Waals surface area contributed by atoms with E-state index in [1.807, 2.05) is 6.92 Å². The highest BCUT2D eigenvalue weighted by Crippen LogP contribution is 2.22. The van der Waals surface area contributed by atoms with E-state index >= 15 is 0 Å². The number of nitrogens with one attached hydrogen (secondary N) is 2. The van der Waals surface area contributed by atoms with Crippen LogP contribution in [0.4, 0.5) is 10.1 Å². The second-order valence-corrected chi connectivity index (χ2v) is 7.43. The van der Waals surface area contributed by atoms with Gasteiger partial charge in [-0.2, -0.15) is 0 Å². The van der Waals surface area contributed by atoms with Crippen LogP contribution in [0, 0.1) is 19.7 Å². The fourth-order valence-corrected chi connectivity index (χ4v) is 3.68. The van der Waals surface area contributed by atoms with Gasteiger partial charge >= 0.3 is 0 Å². The van der Waals surface area contributed by atoms with Gasteiger partial charge in [0.25, 0.3) is 5.91 Å². The minimum absolute atomic E-state index is 0.0505. The predicted molar refractivity (Wildman–Crippen MR) is 107 cm³/mol. The Labute approximate surface area is 161 Å². The number of benzene rings is 2. The van der Waals surface area contributed by atoms with Gasteiger partial charge in [0, 0.05) is 12.2 Å². The molecule has 0 saturated carbocycles. The average molecular weight is 370 g/mol. The molecule has 0 aliphatic carbocycles. The number of aryl methyl sites for hydroxylation is 1. The molecule has 2 aromatic carbocycles. The highest BCUT2D eigenvalue weighted by molar-refractivity contribution is 5.79. The second kappa shape index (κ2) is 8.53. The third-order valence-corrected chi connectivity index (χ3v) is 5.71. The van der Waals surface area contributed by atoms with E-state index in [4.69, 9.17) is 0 Å². The molecule has 1 aliphatic heterocycles. The number of nitrogens with zero attached hydrogens (tertiary/aromatic N) is 1. The molecule has 2 aromatic rings. The number of carbonyl (C=O) groups excluding carboxylic acids is 1. The van der Waals surface area contributed by atoms with Crippen molar-refractivity contribution in [1.29, 1.82) is 0 Å². The molecule has 1 atom stereocenters. The van der Waals surface area contributed by atoms with Crippen LogP contribution in [-0.4, -0.2) is 38.1 Å². The van der Waals surface area contributed by atoms with Gasteiger partial charge in [-0.15, -0.1) is 0 Å². The van der Waals surface area contributed by atoms with Gasteiger partial charge in [-0.3, -0.25) is 4.79 Å². The maximum absolute atomic E-state index is 13.0. The van der Waals surface area contributed by atoms with Gasteiger partial charge in [-0.25, -0.2) is 4.39 Å². The SMILES string of the molecule is Cc1cccc(N2CC[NH+]([C@H](C)C(=O)NCc3ccc(F)cc3)CC2)c1C. The molecule has 0 unspecified atom stereocenters. The molecular formula is C22H29FN3O+. The summed E-state index contributed by atoms with van der Waals surface area (Å²) in [6.07, 6.45) is 0. The number of carbonyl (C=O) groups is 1. The quantitative estimate of drug-likeness (QED) is 0.843. The van der Waals surface area contributed by atoms with Crippen molar-refractivity contribution in [2.45, 2.75) is 33.4 Å². The van der Waals surface area contributed by atoms with Crippen molar-refractivity contribution in [3.63, 3.8) is 0 Å². The molecule has 0 aromatic heterocycles. The van der Waals surface area contributed by atoms with Gasteiger partial charge in [-0.1, -0.05) is 24.3 Å². The van der Waals surface area contributed by atoms with E-state index in [9.17, 15) is 9.18 Å². The Balaban J connectivity index is 1.51. The molecule has 1 fully saturated rings. The Morgan fingerprint density at radius 1 is 1.15 bits per heavy atom. The number of halogens is 1. The van der Waals surface area contributed by atoms with E-state index in [2.05, 4.69) is 42.3 Å². The third-order valence-electron chi connectivity index (χ3n) is 5.71. The molecule has 1 saturated heterocycles. The highest BCUT2D eigenvalue weighted by Gasteiger charge is 2.29. The lowest BCUT2D eigenvalue weighted by Crippen LogP contribution is -3.19. The standard InChI is InChI=1S/C22H28FN3O/c1-16-5-4-6-21(17(16)2)26-13-11-25(12-14-26)18(3)22(27)24-15-19-7-9-20(23)10-8-19/h4-10,18H,11-15H2,1-3H3,(H,24,27)/p+1/t18-/m1/s1. The molecule has 2 N–H and O–H groups in total. The lowest BCUT2D eigenvalue weighted by atomic mass is 10.1. The Hall–Kier alpha value is -2.40. The molecule has 5 heteroatoms. The van der Waals surface area contributed by atoms with Crippen LogP contribution >= 0.6 is 0 Å². The Morgan fingerprint density at radius 3 is 2.48 bits per heavy atom. The van der Waals surface area contributed by atoms with E-state index in [1.165, 1.54) is 33.8 Å². The van der Waals surface area contributed by atoms with Crippen LogP contribution in [0.15, 0.2) is 42.5 Å². The molecule has 0 spiro atoms. The zero-order valence-electron chi connectivity index (χ0n) is 16.4. The number of piperazine rings is 1. The number of rotatable bonds is 5. The normalized spacial score (nSPS) is 16.2. The van der Waals surface area contributed by atoms with Gasteiger partial charge in [-0.05, 0) is 55.7 Å². The molecule has 3 rings (SSSR count). The number of hydrogen-bond acceptors (Lipinski definition) is 2. The van der Waals surface area contributed by atoms with Crippen molar-refractivity contribution < 1.29 is 14.1 Å². The van der Waals surface area contributed by atoms with Crippen LogP contribution in [0.1, 0.15) is 23.6 Å². The fraction of sp³-hybridized carbons (Fsp3) is 0.409. The van der Waals surface area contributed by atoms with E-state index in [0.29, 0.717) is 6.54 Å². The molecule has 1 heterocycles. The summed E-state index contributed by atoms with van der Waals surface area (Å²) in [5.74, 6) is -0.209. The van der Waals surface area contributed by atoms with E-state index in [1.54, 1.807) is 12.1 Å². The van der Waals surface area contributed by atoms with Crippen molar-refractivity contribution in [2.75, 3.05) is 31.1 Å². The lowest BCUT2D eigenvalue weighted by Gasteiger charge is -2.36. The molecule has 0 bridgehead atoms. The number of amides is 1. The maximum Gasteiger partial charge on any atom is 0.278 e.